The SMILES string of the molecule is [C-]#[N+]/C=C/c1cccc(-c2ccc(O)c3c2C[C@H]2C[C@H]4[C@H](N(C)C)C(=O)C(C(N)=O)=C(O)[C@@]4(O)C(=O)C2=C3O)c1. The molecule has 204 valence electrons. The summed E-state index contributed by atoms with van der Waals surface area (Å²) in [6.07, 6.45) is 3.18. The number of amides is 1. The van der Waals surface area contributed by atoms with Crippen LogP contribution in [-0.4, -0.2) is 68.5 Å². The zero-order valence-corrected chi connectivity index (χ0v) is 21.8. The van der Waals surface area contributed by atoms with Gasteiger partial charge in [0.1, 0.15) is 22.8 Å². The number of hydrogen-bond acceptors (Lipinski definition) is 8. The van der Waals surface area contributed by atoms with Crippen LogP contribution in [0.25, 0.3) is 27.8 Å². The molecule has 2 aromatic carbocycles. The normalized spacial score (nSPS) is 26.0. The zero-order valence-electron chi connectivity index (χ0n) is 21.8. The van der Waals surface area contributed by atoms with Crippen LogP contribution in [0.4, 0.5) is 0 Å². The lowest BCUT2D eigenvalue weighted by Gasteiger charge is -2.50. The third-order valence-corrected chi connectivity index (χ3v) is 8.14. The van der Waals surface area contributed by atoms with E-state index in [1.54, 1.807) is 26.2 Å². The maximum absolute atomic E-state index is 13.9. The van der Waals surface area contributed by atoms with Crippen molar-refractivity contribution in [3.05, 3.63) is 87.6 Å². The van der Waals surface area contributed by atoms with Crippen molar-refractivity contribution in [2.75, 3.05) is 14.1 Å². The number of phenolic OH excluding ortho intramolecular Hbond substituents is 1. The van der Waals surface area contributed by atoms with Crippen LogP contribution in [0, 0.1) is 18.4 Å². The molecule has 0 radical (unpaired) electrons. The van der Waals surface area contributed by atoms with Gasteiger partial charge in [0.25, 0.3) is 5.91 Å². The maximum Gasteiger partial charge on any atom is 0.255 e. The second-order valence-corrected chi connectivity index (χ2v) is 10.5. The number of aromatic hydroxyl groups is 1. The number of aliphatic hydroxyl groups excluding tert-OH is 2. The predicted octanol–water partition coefficient (Wildman–Crippen LogP) is 2.52. The highest BCUT2D eigenvalue weighted by Crippen LogP contribution is 2.53. The van der Waals surface area contributed by atoms with Gasteiger partial charge in [-0.25, -0.2) is 4.85 Å². The lowest BCUT2D eigenvalue weighted by molar-refractivity contribution is -0.153. The molecule has 0 aliphatic heterocycles. The van der Waals surface area contributed by atoms with Gasteiger partial charge in [0, 0.05) is 11.5 Å². The summed E-state index contributed by atoms with van der Waals surface area (Å²) in [4.78, 5) is 44.0. The van der Waals surface area contributed by atoms with Gasteiger partial charge in [0.2, 0.25) is 5.78 Å². The van der Waals surface area contributed by atoms with Gasteiger partial charge in [-0.05, 0) is 67.2 Å². The number of primary amides is 1. The number of carbonyl (C=O) groups excluding carboxylic acids is 3. The molecular weight excluding hydrogens is 514 g/mol. The molecule has 0 aromatic heterocycles. The van der Waals surface area contributed by atoms with E-state index in [-0.39, 0.29) is 29.7 Å². The average Bonchev–Trinajstić information content (AvgIpc) is 2.89. The van der Waals surface area contributed by atoms with Crippen molar-refractivity contribution in [1.29, 1.82) is 0 Å². The number of phenols is 1. The summed E-state index contributed by atoms with van der Waals surface area (Å²) in [5.41, 5.74) is 4.43. The first-order valence-electron chi connectivity index (χ1n) is 12.6. The standard InChI is InChI=1S/C30H27N3O7/c1-32-10-9-14-5-4-6-15(11-14)17-7-8-20(34)22-18(17)12-16-13-19-24(33(2)3)26(36)23(29(31)39)28(38)30(19,40)27(37)21(16)25(22)35/h4-11,16,19,24,34-35,38,40H,12-13H2,2-3H3,(H2,31,39)/b10-9+/t16-,19-,24-,30-/m0/s1. The smallest absolute Gasteiger partial charge is 0.255 e. The molecule has 3 aliphatic carbocycles. The first-order valence-corrected chi connectivity index (χ1v) is 12.6. The molecule has 1 amide bonds. The molecule has 0 bridgehead atoms. The minimum Gasteiger partial charge on any atom is -0.508 e. The van der Waals surface area contributed by atoms with Gasteiger partial charge in [-0.15, -0.1) is 0 Å². The number of carbonyl (C=O) groups is 3. The molecule has 3 aliphatic rings. The quantitative estimate of drug-likeness (QED) is 0.291. The molecule has 0 heterocycles. The molecule has 2 aromatic rings. The summed E-state index contributed by atoms with van der Waals surface area (Å²) >= 11 is 0. The Morgan fingerprint density at radius 2 is 1.90 bits per heavy atom. The number of Topliss-reactive ketones (excluding diaryl/α,β-unsaturated/α-hetero) is 2. The number of rotatable bonds is 4. The Balaban J connectivity index is 1.71. The number of fused-ring (bicyclic) bond motifs is 3. The summed E-state index contributed by atoms with van der Waals surface area (Å²) < 4.78 is 0. The number of aliphatic hydroxyl groups is 3. The molecule has 6 N–H and O–H groups in total. The van der Waals surface area contributed by atoms with Crippen molar-refractivity contribution in [2.24, 2.45) is 17.6 Å². The Hall–Kier alpha value is -4.72. The van der Waals surface area contributed by atoms with E-state index in [1.165, 1.54) is 17.2 Å². The van der Waals surface area contributed by atoms with E-state index in [4.69, 9.17) is 12.3 Å². The van der Waals surface area contributed by atoms with Crippen molar-refractivity contribution in [1.82, 2.24) is 4.90 Å². The Kier molecular flexibility index (Phi) is 6.37. The molecule has 1 saturated carbocycles. The molecule has 0 spiro atoms. The minimum absolute atomic E-state index is 0.00857. The summed E-state index contributed by atoms with van der Waals surface area (Å²) in [5.74, 6) is -6.89. The molecule has 40 heavy (non-hydrogen) atoms. The fourth-order valence-electron chi connectivity index (χ4n) is 6.45. The van der Waals surface area contributed by atoms with Gasteiger partial charge in [-0.3, -0.25) is 19.3 Å². The lowest BCUT2D eigenvalue weighted by atomic mass is 9.57. The van der Waals surface area contributed by atoms with Crippen LogP contribution in [0.3, 0.4) is 0 Å². The van der Waals surface area contributed by atoms with Gasteiger partial charge >= 0.3 is 0 Å². The van der Waals surface area contributed by atoms with Gasteiger partial charge < -0.3 is 26.2 Å². The second-order valence-electron chi connectivity index (χ2n) is 10.5. The van der Waals surface area contributed by atoms with Crippen LogP contribution in [0.5, 0.6) is 5.75 Å². The van der Waals surface area contributed by atoms with Crippen LogP contribution < -0.4 is 5.73 Å². The van der Waals surface area contributed by atoms with E-state index in [9.17, 15) is 34.8 Å². The van der Waals surface area contributed by atoms with E-state index in [2.05, 4.69) is 4.85 Å². The van der Waals surface area contributed by atoms with Crippen molar-refractivity contribution >= 4 is 29.3 Å². The van der Waals surface area contributed by atoms with Crippen molar-refractivity contribution in [3.63, 3.8) is 0 Å². The topological polar surface area (TPSA) is 166 Å². The largest absolute Gasteiger partial charge is 0.508 e. The molecule has 10 nitrogen and oxygen atoms in total. The van der Waals surface area contributed by atoms with E-state index in [1.807, 2.05) is 24.3 Å². The van der Waals surface area contributed by atoms with Crippen LogP contribution in [0.2, 0.25) is 0 Å². The number of nitrogens with zero attached hydrogens (tertiary/aromatic N) is 2. The number of hydrogen-bond donors (Lipinski definition) is 5. The highest BCUT2D eigenvalue weighted by molar-refractivity contribution is 6.24. The summed E-state index contributed by atoms with van der Waals surface area (Å²) in [7, 11) is 3.11. The van der Waals surface area contributed by atoms with E-state index in [0.717, 1.165) is 11.1 Å². The molecule has 0 saturated heterocycles. The molecule has 1 fully saturated rings. The second kappa shape index (κ2) is 9.48. The number of ketones is 2. The van der Waals surface area contributed by atoms with Gasteiger partial charge in [-0.2, -0.15) is 0 Å². The van der Waals surface area contributed by atoms with Crippen LogP contribution in [-0.2, 0) is 20.8 Å². The van der Waals surface area contributed by atoms with Crippen LogP contribution >= 0.6 is 0 Å². The molecular formula is C30H27N3O7. The fourth-order valence-corrected chi connectivity index (χ4v) is 6.45. The summed E-state index contributed by atoms with van der Waals surface area (Å²) in [5, 5.41) is 44.8. The Bertz CT molecular complexity index is 1630. The number of nitrogens with two attached hydrogens (primary N) is 1. The van der Waals surface area contributed by atoms with Gasteiger partial charge in [0.15, 0.2) is 17.6 Å². The van der Waals surface area contributed by atoms with E-state index < -0.39 is 58.0 Å². The third kappa shape index (κ3) is 3.74. The lowest BCUT2D eigenvalue weighted by Crippen LogP contribution is -2.65. The molecule has 5 rings (SSSR count). The van der Waals surface area contributed by atoms with Crippen molar-refractivity contribution in [3.8, 4) is 16.9 Å². The highest BCUT2D eigenvalue weighted by atomic mass is 16.3. The number of likely N-dealkylation sites (N-methyl/N-ethyl adjacent to an activating group) is 1. The van der Waals surface area contributed by atoms with E-state index in [0.29, 0.717) is 11.1 Å². The predicted molar refractivity (Wildman–Crippen MR) is 145 cm³/mol. The molecule has 10 heteroatoms. The first-order chi connectivity index (χ1) is 18.9. The van der Waals surface area contributed by atoms with E-state index >= 15 is 0 Å². The summed E-state index contributed by atoms with van der Waals surface area (Å²) in [6, 6.07) is 9.29. The van der Waals surface area contributed by atoms with Crippen LogP contribution in [0.15, 0.2) is 59.5 Å². The fraction of sp³-hybridized carbons (Fsp3) is 0.267. The monoisotopic (exact) mass is 541 g/mol. The third-order valence-electron chi connectivity index (χ3n) is 8.14. The summed E-state index contributed by atoms with van der Waals surface area (Å²) in [6.45, 7) is 6.99. The molecule has 0 unspecified atom stereocenters. The first kappa shape index (κ1) is 26.9. The number of benzene rings is 2. The van der Waals surface area contributed by atoms with Gasteiger partial charge in [-0.1, -0.05) is 30.3 Å². The minimum atomic E-state index is -2.68. The average molecular weight is 542 g/mol. The maximum atomic E-state index is 13.9. The van der Waals surface area contributed by atoms with Crippen molar-refractivity contribution < 1.29 is 34.8 Å². The Morgan fingerprint density at radius 3 is 2.55 bits per heavy atom. The highest BCUT2D eigenvalue weighted by Gasteiger charge is 2.64. The van der Waals surface area contributed by atoms with Gasteiger partial charge in [0.05, 0.1) is 18.2 Å². The zero-order chi connectivity index (χ0) is 29.1. The Morgan fingerprint density at radius 1 is 1.18 bits per heavy atom. The molecule has 4 atom stereocenters. The van der Waals surface area contributed by atoms with Crippen LogP contribution in [0.1, 0.15) is 23.1 Å². The Labute approximate surface area is 229 Å². The van der Waals surface area contributed by atoms with Crippen molar-refractivity contribution in [2.45, 2.75) is 24.5 Å².